The standard InChI is InChI=1S/C13H26N2O4S/c1-10(2)9-15(11(3)4)20(18,19)14-7-5-12(6-8-14)13(16)17/h10-12H,5-9H2,1-4H3,(H,16,17). The summed E-state index contributed by atoms with van der Waals surface area (Å²) in [7, 11) is -3.49. The highest BCUT2D eigenvalue weighted by Crippen LogP contribution is 2.23. The summed E-state index contributed by atoms with van der Waals surface area (Å²) in [6, 6.07) is -0.0976. The van der Waals surface area contributed by atoms with Crippen LogP contribution in [0.1, 0.15) is 40.5 Å². The van der Waals surface area contributed by atoms with E-state index in [1.54, 1.807) is 0 Å². The second-order valence-corrected chi connectivity index (χ2v) is 7.96. The summed E-state index contributed by atoms with van der Waals surface area (Å²) < 4.78 is 28.2. The number of carbonyl (C=O) groups is 1. The van der Waals surface area contributed by atoms with Crippen LogP contribution in [0.5, 0.6) is 0 Å². The zero-order valence-corrected chi connectivity index (χ0v) is 13.6. The molecule has 0 spiro atoms. The number of aliphatic carboxylic acids is 1. The Hall–Kier alpha value is -0.660. The highest BCUT2D eigenvalue weighted by molar-refractivity contribution is 7.86. The lowest BCUT2D eigenvalue weighted by molar-refractivity contribution is -0.142. The molecule has 0 unspecified atom stereocenters. The predicted molar refractivity (Wildman–Crippen MR) is 77.5 cm³/mol. The molecular weight excluding hydrogens is 280 g/mol. The zero-order valence-electron chi connectivity index (χ0n) is 12.7. The first-order chi connectivity index (χ1) is 9.16. The maximum atomic E-state index is 12.6. The van der Waals surface area contributed by atoms with E-state index in [-0.39, 0.29) is 12.0 Å². The van der Waals surface area contributed by atoms with Gasteiger partial charge in [-0.05, 0) is 32.6 Å². The molecule has 6 nitrogen and oxygen atoms in total. The molecule has 0 amide bonds. The van der Waals surface area contributed by atoms with Crippen LogP contribution in [0, 0.1) is 11.8 Å². The first kappa shape index (κ1) is 17.4. The molecule has 0 aliphatic carbocycles. The molecule has 0 saturated carbocycles. The van der Waals surface area contributed by atoms with E-state index in [4.69, 9.17) is 5.11 Å². The van der Waals surface area contributed by atoms with Gasteiger partial charge < -0.3 is 5.11 Å². The number of nitrogens with zero attached hydrogens (tertiary/aromatic N) is 2. The molecule has 1 aliphatic rings. The van der Waals surface area contributed by atoms with E-state index in [9.17, 15) is 13.2 Å². The maximum absolute atomic E-state index is 12.6. The minimum atomic E-state index is -3.49. The van der Waals surface area contributed by atoms with Crippen LogP contribution in [-0.4, -0.2) is 53.8 Å². The molecule has 1 aliphatic heterocycles. The summed E-state index contributed by atoms with van der Waals surface area (Å²) in [5.41, 5.74) is 0. The Labute approximate surface area is 121 Å². The summed E-state index contributed by atoms with van der Waals surface area (Å²) in [5.74, 6) is -0.993. The zero-order chi connectivity index (χ0) is 15.5. The maximum Gasteiger partial charge on any atom is 0.306 e. The third-order valence-corrected chi connectivity index (χ3v) is 5.73. The fourth-order valence-corrected chi connectivity index (χ4v) is 4.40. The summed E-state index contributed by atoms with van der Waals surface area (Å²) in [6.45, 7) is 8.77. The van der Waals surface area contributed by atoms with Gasteiger partial charge in [0, 0.05) is 25.7 Å². The molecule has 20 heavy (non-hydrogen) atoms. The van der Waals surface area contributed by atoms with Crippen LogP contribution >= 0.6 is 0 Å². The van der Waals surface area contributed by atoms with Crippen molar-refractivity contribution in [3.8, 4) is 0 Å². The summed E-state index contributed by atoms with van der Waals surface area (Å²) >= 11 is 0. The molecular formula is C13H26N2O4S. The van der Waals surface area contributed by atoms with Gasteiger partial charge in [-0.25, -0.2) is 0 Å². The van der Waals surface area contributed by atoms with E-state index in [0.29, 0.717) is 32.5 Å². The van der Waals surface area contributed by atoms with Crippen LogP contribution < -0.4 is 0 Å². The van der Waals surface area contributed by atoms with E-state index >= 15 is 0 Å². The quantitative estimate of drug-likeness (QED) is 0.804. The second-order valence-electron chi connectivity index (χ2n) is 6.08. The number of carboxylic acid groups (broad SMARTS) is 1. The molecule has 118 valence electrons. The van der Waals surface area contributed by atoms with Gasteiger partial charge >= 0.3 is 5.97 Å². The summed E-state index contributed by atoms with van der Waals surface area (Å²) in [4.78, 5) is 10.9. The monoisotopic (exact) mass is 306 g/mol. The first-order valence-corrected chi connectivity index (χ1v) is 8.55. The molecule has 1 N–H and O–H groups in total. The van der Waals surface area contributed by atoms with Gasteiger partial charge in [-0.1, -0.05) is 13.8 Å². The van der Waals surface area contributed by atoms with Crippen LogP contribution in [-0.2, 0) is 15.0 Å². The van der Waals surface area contributed by atoms with Crippen molar-refractivity contribution < 1.29 is 18.3 Å². The predicted octanol–water partition coefficient (Wildman–Crippen LogP) is 1.39. The third-order valence-electron chi connectivity index (χ3n) is 3.55. The smallest absolute Gasteiger partial charge is 0.306 e. The van der Waals surface area contributed by atoms with Crippen molar-refractivity contribution in [1.82, 2.24) is 8.61 Å². The second kappa shape index (κ2) is 6.87. The van der Waals surface area contributed by atoms with Gasteiger partial charge in [-0.2, -0.15) is 17.0 Å². The molecule has 7 heteroatoms. The van der Waals surface area contributed by atoms with Crippen molar-refractivity contribution in [2.45, 2.75) is 46.6 Å². The summed E-state index contributed by atoms with van der Waals surface area (Å²) in [5, 5.41) is 8.97. The van der Waals surface area contributed by atoms with Crippen molar-refractivity contribution in [2.24, 2.45) is 11.8 Å². The van der Waals surface area contributed by atoms with Crippen molar-refractivity contribution in [3.63, 3.8) is 0 Å². The Bertz CT molecular complexity index is 426. The fraction of sp³-hybridized carbons (Fsp3) is 0.923. The number of rotatable bonds is 6. The first-order valence-electron chi connectivity index (χ1n) is 7.16. The van der Waals surface area contributed by atoms with E-state index in [0.717, 1.165) is 0 Å². The van der Waals surface area contributed by atoms with Crippen LogP contribution in [0.2, 0.25) is 0 Å². The topological polar surface area (TPSA) is 77.9 Å². The molecule has 0 atom stereocenters. The van der Waals surface area contributed by atoms with Gasteiger partial charge in [-0.15, -0.1) is 0 Å². The number of carboxylic acids is 1. The highest BCUT2D eigenvalue weighted by Gasteiger charge is 2.35. The van der Waals surface area contributed by atoms with E-state index in [1.807, 2.05) is 27.7 Å². The van der Waals surface area contributed by atoms with Gasteiger partial charge in [0.15, 0.2) is 0 Å². The SMILES string of the molecule is CC(C)CN(C(C)C)S(=O)(=O)N1CCC(C(=O)O)CC1. The van der Waals surface area contributed by atoms with Crippen LogP contribution in [0.15, 0.2) is 0 Å². The third kappa shape index (κ3) is 4.17. The van der Waals surface area contributed by atoms with Crippen molar-refractivity contribution in [2.75, 3.05) is 19.6 Å². The molecule has 1 saturated heterocycles. The van der Waals surface area contributed by atoms with E-state index < -0.39 is 22.1 Å². The lowest BCUT2D eigenvalue weighted by Gasteiger charge is -2.36. The Kier molecular flexibility index (Phi) is 5.97. The largest absolute Gasteiger partial charge is 0.481 e. The molecule has 0 aromatic carbocycles. The Morgan fingerprint density at radius 2 is 1.75 bits per heavy atom. The molecule has 1 heterocycles. The van der Waals surface area contributed by atoms with E-state index in [2.05, 4.69) is 0 Å². The van der Waals surface area contributed by atoms with E-state index in [1.165, 1.54) is 8.61 Å². The fourth-order valence-electron chi connectivity index (χ4n) is 2.41. The van der Waals surface area contributed by atoms with Gasteiger partial charge in [0.2, 0.25) is 0 Å². The van der Waals surface area contributed by atoms with Crippen molar-refractivity contribution in [1.29, 1.82) is 0 Å². The Balaban J connectivity index is 2.80. The average molecular weight is 306 g/mol. The Morgan fingerprint density at radius 3 is 2.10 bits per heavy atom. The van der Waals surface area contributed by atoms with Gasteiger partial charge in [0.25, 0.3) is 10.2 Å². The highest BCUT2D eigenvalue weighted by atomic mass is 32.2. The van der Waals surface area contributed by atoms with Crippen LogP contribution in [0.4, 0.5) is 0 Å². The van der Waals surface area contributed by atoms with Crippen LogP contribution in [0.25, 0.3) is 0 Å². The summed E-state index contributed by atoms with van der Waals surface area (Å²) in [6.07, 6.45) is 0.782. The molecule has 0 aromatic heterocycles. The lowest BCUT2D eigenvalue weighted by Crippen LogP contribution is -2.51. The number of hydrogen-bond donors (Lipinski definition) is 1. The van der Waals surface area contributed by atoms with Gasteiger partial charge in [0.1, 0.15) is 0 Å². The molecule has 1 fully saturated rings. The molecule has 0 bridgehead atoms. The van der Waals surface area contributed by atoms with Crippen molar-refractivity contribution >= 4 is 16.2 Å². The Morgan fingerprint density at radius 1 is 1.25 bits per heavy atom. The minimum absolute atomic E-state index is 0.0976. The van der Waals surface area contributed by atoms with Gasteiger partial charge in [-0.3, -0.25) is 4.79 Å². The number of hydrogen-bond acceptors (Lipinski definition) is 3. The lowest BCUT2D eigenvalue weighted by atomic mass is 9.99. The van der Waals surface area contributed by atoms with Crippen molar-refractivity contribution in [3.05, 3.63) is 0 Å². The normalized spacial score (nSPS) is 19.1. The molecule has 0 aromatic rings. The van der Waals surface area contributed by atoms with Crippen LogP contribution in [0.3, 0.4) is 0 Å². The number of piperidine rings is 1. The molecule has 1 rings (SSSR count). The average Bonchev–Trinajstić information content (AvgIpc) is 2.35. The molecule has 0 radical (unpaired) electrons. The minimum Gasteiger partial charge on any atom is -0.481 e. The van der Waals surface area contributed by atoms with Gasteiger partial charge in [0.05, 0.1) is 5.92 Å².